The molecule has 0 unspecified atom stereocenters. The van der Waals surface area contributed by atoms with E-state index in [2.05, 4.69) is 15.1 Å². The average molecular weight is 260 g/mol. The molecule has 0 aliphatic rings. The highest BCUT2D eigenvalue weighted by Crippen LogP contribution is 2.12. The Labute approximate surface area is 111 Å². The first-order valence-electron chi connectivity index (χ1n) is 6.22. The van der Waals surface area contributed by atoms with E-state index in [0.29, 0.717) is 11.6 Å². The summed E-state index contributed by atoms with van der Waals surface area (Å²) in [6.07, 6.45) is 1.60. The fourth-order valence-corrected chi connectivity index (χ4v) is 1.83. The topological polar surface area (TPSA) is 80.9 Å². The fourth-order valence-electron chi connectivity index (χ4n) is 1.83. The van der Waals surface area contributed by atoms with Gasteiger partial charge >= 0.3 is 5.97 Å². The van der Waals surface area contributed by atoms with E-state index in [1.807, 2.05) is 19.9 Å². The molecule has 2 heterocycles. The summed E-state index contributed by atoms with van der Waals surface area (Å²) >= 11 is 0. The van der Waals surface area contributed by atoms with Gasteiger partial charge in [0.25, 0.3) is 5.95 Å². The normalized spacial score (nSPS) is 10.7. The smallest absolute Gasteiger partial charge is 0.354 e. The van der Waals surface area contributed by atoms with E-state index in [1.165, 1.54) is 6.07 Å². The molecule has 0 aromatic carbocycles. The number of aryl methyl sites for hydroxylation is 3. The molecule has 0 aliphatic heterocycles. The Bertz CT molecular complexity index is 619. The van der Waals surface area contributed by atoms with E-state index < -0.39 is 5.97 Å². The lowest BCUT2D eigenvalue weighted by atomic mass is 10.3. The number of rotatable bonds is 4. The van der Waals surface area contributed by atoms with Gasteiger partial charge in [-0.05, 0) is 31.9 Å². The lowest BCUT2D eigenvalue weighted by Crippen LogP contribution is -2.11. The molecule has 1 N–H and O–H groups in total. The van der Waals surface area contributed by atoms with Crippen LogP contribution in [0.1, 0.15) is 41.4 Å². The van der Waals surface area contributed by atoms with Crippen molar-refractivity contribution in [3.8, 4) is 5.95 Å². The third kappa shape index (κ3) is 2.62. The Morgan fingerprint density at radius 1 is 1.26 bits per heavy atom. The van der Waals surface area contributed by atoms with Gasteiger partial charge in [-0.15, -0.1) is 0 Å². The molecule has 0 atom stereocenters. The molecule has 0 spiro atoms. The van der Waals surface area contributed by atoms with E-state index in [4.69, 9.17) is 5.11 Å². The van der Waals surface area contributed by atoms with Crippen molar-refractivity contribution < 1.29 is 9.90 Å². The van der Waals surface area contributed by atoms with E-state index in [-0.39, 0.29) is 5.69 Å². The molecule has 2 aromatic heterocycles. The number of nitrogens with zero attached hydrogens (tertiary/aromatic N) is 4. The van der Waals surface area contributed by atoms with Crippen molar-refractivity contribution in [1.82, 2.24) is 19.7 Å². The van der Waals surface area contributed by atoms with Gasteiger partial charge in [0.1, 0.15) is 0 Å². The van der Waals surface area contributed by atoms with Crippen molar-refractivity contribution in [1.29, 1.82) is 0 Å². The SMILES string of the molecule is CCc1cc(CC)n(-c2nc(C)cc(C(=O)O)n2)n1. The summed E-state index contributed by atoms with van der Waals surface area (Å²) in [4.78, 5) is 19.4. The van der Waals surface area contributed by atoms with Gasteiger partial charge in [0, 0.05) is 11.4 Å². The lowest BCUT2D eigenvalue weighted by Gasteiger charge is -2.06. The maximum atomic E-state index is 11.0. The van der Waals surface area contributed by atoms with Crippen LogP contribution in [0.4, 0.5) is 0 Å². The predicted molar refractivity (Wildman–Crippen MR) is 69.6 cm³/mol. The van der Waals surface area contributed by atoms with Crippen molar-refractivity contribution in [2.24, 2.45) is 0 Å². The second kappa shape index (κ2) is 5.17. The first-order chi connectivity index (χ1) is 9.05. The summed E-state index contributed by atoms with van der Waals surface area (Å²) in [6.45, 7) is 5.78. The monoisotopic (exact) mass is 260 g/mol. The largest absolute Gasteiger partial charge is 0.477 e. The Morgan fingerprint density at radius 3 is 2.58 bits per heavy atom. The van der Waals surface area contributed by atoms with Crippen LogP contribution in [0.3, 0.4) is 0 Å². The zero-order valence-corrected chi connectivity index (χ0v) is 11.2. The highest BCUT2D eigenvalue weighted by atomic mass is 16.4. The summed E-state index contributed by atoms with van der Waals surface area (Å²) < 4.78 is 1.62. The first-order valence-corrected chi connectivity index (χ1v) is 6.22. The number of hydrogen-bond donors (Lipinski definition) is 1. The number of aromatic carboxylic acids is 1. The van der Waals surface area contributed by atoms with Crippen LogP contribution < -0.4 is 0 Å². The van der Waals surface area contributed by atoms with Gasteiger partial charge in [0.15, 0.2) is 5.69 Å². The Hall–Kier alpha value is -2.24. The second-order valence-corrected chi connectivity index (χ2v) is 4.25. The zero-order chi connectivity index (χ0) is 14.0. The lowest BCUT2D eigenvalue weighted by molar-refractivity contribution is 0.0690. The van der Waals surface area contributed by atoms with Crippen molar-refractivity contribution >= 4 is 5.97 Å². The fraction of sp³-hybridized carbons (Fsp3) is 0.385. The molecule has 0 fully saturated rings. The van der Waals surface area contributed by atoms with Crippen LogP contribution in [0.5, 0.6) is 0 Å². The van der Waals surface area contributed by atoms with Crippen molar-refractivity contribution in [3.63, 3.8) is 0 Å². The number of carbonyl (C=O) groups is 1. The molecule has 2 rings (SSSR count). The predicted octanol–water partition coefficient (Wildman–Crippen LogP) is 1.79. The van der Waals surface area contributed by atoms with Gasteiger partial charge in [-0.1, -0.05) is 13.8 Å². The maximum Gasteiger partial charge on any atom is 0.354 e. The van der Waals surface area contributed by atoms with Gasteiger partial charge in [-0.2, -0.15) is 5.10 Å². The third-order valence-electron chi connectivity index (χ3n) is 2.81. The highest BCUT2D eigenvalue weighted by molar-refractivity contribution is 5.85. The van der Waals surface area contributed by atoms with Crippen LogP contribution in [0.25, 0.3) is 5.95 Å². The molecule has 0 aliphatic carbocycles. The van der Waals surface area contributed by atoms with Crippen LogP contribution in [-0.2, 0) is 12.8 Å². The maximum absolute atomic E-state index is 11.0. The summed E-state index contributed by atoms with van der Waals surface area (Å²) in [7, 11) is 0. The van der Waals surface area contributed by atoms with E-state index >= 15 is 0 Å². The van der Waals surface area contributed by atoms with Gasteiger partial charge < -0.3 is 5.11 Å². The molecule has 0 amide bonds. The molecule has 0 saturated carbocycles. The van der Waals surface area contributed by atoms with Crippen molar-refractivity contribution in [2.45, 2.75) is 33.6 Å². The first kappa shape index (κ1) is 13.2. The summed E-state index contributed by atoms with van der Waals surface area (Å²) in [5.74, 6) is -0.749. The minimum Gasteiger partial charge on any atom is -0.477 e. The Kier molecular flexibility index (Phi) is 3.59. The summed E-state index contributed by atoms with van der Waals surface area (Å²) in [5, 5.41) is 13.4. The van der Waals surface area contributed by atoms with Crippen molar-refractivity contribution in [3.05, 3.63) is 34.9 Å². The molecular weight excluding hydrogens is 244 g/mol. The molecular formula is C13H16N4O2. The zero-order valence-electron chi connectivity index (χ0n) is 11.2. The highest BCUT2D eigenvalue weighted by Gasteiger charge is 2.13. The van der Waals surface area contributed by atoms with Crippen LogP contribution in [0.15, 0.2) is 12.1 Å². The molecule has 6 heteroatoms. The van der Waals surface area contributed by atoms with Gasteiger partial charge in [-0.3, -0.25) is 0 Å². The number of hydrogen-bond acceptors (Lipinski definition) is 4. The molecule has 6 nitrogen and oxygen atoms in total. The number of carboxylic acids is 1. The van der Waals surface area contributed by atoms with E-state index in [1.54, 1.807) is 11.6 Å². The third-order valence-corrected chi connectivity index (χ3v) is 2.81. The van der Waals surface area contributed by atoms with Crippen LogP contribution in [0.2, 0.25) is 0 Å². The van der Waals surface area contributed by atoms with E-state index in [9.17, 15) is 4.79 Å². The molecule has 0 radical (unpaired) electrons. The van der Waals surface area contributed by atoms with Crippen LogP contribution in [0, 0.1) is 6.92 Å². The standard InChI is InChI=1S/C13H16N4O2/c1-4-9-7-10(5-2)17(16-9)13-14-8(3)6-11(15-13)12(18)19/h6-7H,4-5H2,1-3H3,(H,18,19). The van der Waals surface area contributed by atoms with Gasteiger partial charge in [-0.25, -0.2) is 19.4 Å². The number of aromatic nitrogens is 4. The molecule has 0 saturated heterocycles. The Balaban J connectivity index is 2.57. The summed E-state index contributed by atoms with van der Waals surface area (Å²) in [5.41, 5.74) is 2.51. The molecule has 2 aromatic rings. The average Bonchev–Trinajstić information content (AvgIpc) is 2.81. The van der Waals surface area contributed by atoms with Crippen LogP contribution >= 0.6 is 0 Å². The van der Waals surface area contributed by atoms with Gasteiger partial charge in [0.05, 0.1) is 5.69 Å². The summed E-state index contributed by atoms with van der Waals surface area (Å²) in [6, 6.07) is 3.44. The second-order valence-electron chi connectivity index (χ2n) is 4.25. The van der Waals surface area contributed by atoms with E-state index in [0.717, 1.165) is 24.2 Å². The molecule has 19 heavy (non-hydrogen) atoms. The van der Waals surface area contributed by atoms with Crippen molar-refractivity contribution in [2.75, 3.05) is 0 Å². The van der Waals surface area contributed by atoms with Crippen LogP contribution in [-0.4, -0.2) is 30.8 Å². The number of carboxylic acid groups (broad SMARTS) is 1. The quantitative estimate of drug-likeness (QED) is 0.906. The minimum absolute atomic E-state index is 0.0156. The minimum atomic E-state index is -1.06. The van der Waals surface area contributed by atoms with Gasteiger partial charge in [0.2, 0.25) is 0 Å². The Morgan fingerprint density at radius 2 is 2.00 bits per heavy atom. The molecule has 100 valence electrons. The molecule has 0 bridgehead atoms.